The zero-order valence-electron chi connectivity index (χ0n) is 9.48. The first-order chi connectivity index (χ1) is 8.33. The number of fused-ring (bicyclic) bond motifs is 1. The second kappa shape index (κ2) is 4.49. The fraction of sp³-hybridized carbons (Fsp3) is 0.417. The number of thioether (sulfide) groups is 1. The molecule has 0 spiro atoms. The molecule has 4 nitrogen and oxygen atoms in total. The summed E-state index contributed by atoms with van der Waals surface area (Å²) in [6.07, 6.45) is 1.28. The van der Waals surface area contributed by atoms with E-state index >= 15 is 0 Å². The van der Waals surface area contributed by atoms with Crippen LogP contribution in [0.15, 0.2) is 22.6 Å². The summed E-state index contributed by atoms with van der Waals surface area (Å²) < 4.78 is 5.60. The van der Waals surface area contributed by atoms with Crippen molar-refractivity contribution < 1.29 is 4.42 Å². The van der Waals surface area contributed by atoms with E-state index in [1.54, 1.807) is 0 Å². The Balaban J connectivity index is 1.74. The van der Waals surface area contributed by atoms with Crippen LogP contribution < -0.4 is 11.1 Å². The number of hydrogen-bond acceptors (Lipinski definition) is 5. The number of rotatable bonds is 3. The van der Waals surface area contributed by atoms with Crippen LogP contribution in [0.4, 0.5) is 11.7 Å². The van der Waals surface area contributed by atoms with Crippen LogP contribution >= 0.6 is 11.8 Å². The average Bonchev–Trinajstić information content (AvgIpc) is 2.95. The molecule has 0 bridgehead atoms. The molecule has 2 heterocycles. The van der Waals surface area contributed by atoms with Gasteiger partial charge in [0.15, 0.2) is 5.58 Å². The third kappa shape index (κ3) is 2.20. The molecule has 0 aliphatic carbocycles. The van der Waals surface area contributed by atoms with E-state index in [4.69, 9.17) is 10.2 Å². The minimum atomic E-state index is 0.579. The molecule has 1 aromatic heterocycles. The molecule has 17 heavy (non-hydrogen) atoms. The number of nitrogens with zero attached hydrogens (tertiary/aromatic N) is 1. The standard InChI is InChI=1S/C12H15N3OS/c13-9-2-1-3-10-11(9)15-12(16-10)14-6-8-4-5-17-7-8/h1-3,8H,4-7,13H2,(H,14,15). The number of anilines is 2. The summed E-state index contributed by atoms with van der Waals surface area (Å²) in [5.41, 5.74) is 7.99. The lowest BCUT2D eigenvalue weighted by Crippen LogP contribution is -2.13. The molecule has 1 fully saturated rings. The third-order valence-corrected chi connectivity index (χ3v) is 4.25. The smallest absolute Gasteiger partial charge is 0.295 e. The van der Waals surface area contributed by atoms with Crippen LogP contribution in [0.25, 0.3) is 11.1 Å². The molecule has 3 rings (SSSR count). The summed E-state index contributed by atoms with van der Waals surface area (Å²) in [4.78, 5) is 4.36. The lowest BCUT2D eigenvalue weighted by molar-refractivity contribution is 0.581. The molecule has 2 aromatic rings. The van der Waals surface area contributed by atoms with Gasteiger partial charge < -0.3 is 15.5 Å². The van der Waals surface area contributed by atoms with Gasteiger partial charge in [0, 0.05) is 6.54 Å². The monoisotopic (exact) mass is 249 g/mol. The first-order valence-corrected chi connectivity index (χ1v) is 6.95. The zero-order valence-corrected chi connectivity index (χ0v) is 10.3. The van der Waals surface area contributed by atoms with Crippen molar-refractivity contribution in [3.8, 4) is 0 Å². The Hall–Kier alpha value is -1.36. The molecule has 0 saturated carbocycles. The molecule has 0 radical (unpaired) electrons. The molecule has 1 atom stereocenters. The van der Waals surface area contributed by atoms with Gasteiger partial charge in [-0.3, -0.25) is 0 Å². The van der Waals surface area contributed by atoms with E-state index < -0.39 is 0 Å². The van der Waals surface area contributed by atoms with Gasteiger partial charge >= 0.3 is 0 Å². The van der Waals surface area contributed by atoms with E-state index in [0.717, 1.165) is 23.6 Å². The second-order valence-electron chi connectivity index (χ2n) is 4.32. The van der Waals surface area contributed by atoms with Crippen LogP contribution in [0.3, 0.4) is 0 Å². The van der Waals surface area contributed by atoms with Crippen molar-refractivity contribution in [2.24, 2.45) is 5.92 Å². The topological polar surface area (TPSA) is 64.1 Å². The van der Waals surface area contributed by atoms with E-state index in [9.17, 15) is 0 Å². The number of oxazole rings is 1. The zero-order chi connectivity index (χ0) is 11.7. The van der Waals surface area contributed by atoms with Crippen LogP contribution in [0, 0.1) is 5.92 Å². The number of benzene rings is 1. The molecule has 90 valence electrons. The van der Waals surface area contributed by atoms with E-state index in [1.165, 1.54) is 17.9 Å². The van der Waals surface area contributed by atoms with Gasteiger partial charge in [-0.1, -0.05) is 6.07 Å². The van der Waals surface area contributed by atoms with Crippen LogP contribution in [0.5, 0.6) is 0 Å². The number of para-hydroxylation sites is 1. The van der Waals surface area contributed by atoms with Gasteiger partial charge in [-0.15, -0.1) is 0 Å². The SMILES string of the molecule is Nc1cccc2oc(NCC3CCSC3)nc12. The van der Waals surface area contributed by atoms with Gasteiger partial charge in [-0.05, 0) is 36.0 Å². The fourth-order valence-corrected chi connectivity index (χ4v) is 3.31. The lowest BCUT2D eigenvalue weighted by Gasteiger charge is -2.07. The number of hydrogen-bond donors (Lipinski definition) is 2. The Morgan fingerprint density at radius 1 is 1.53 bits per heavy atom. The minimum absolute atomic E-state index is 0.579. The highest BCUT2D eigenvalue weighted by Gasteiger charge is 2.16. The maximum Gasteiger partial charge on any atom is 0.295 e. The summed E-state index contributed by atoms with van der Waals surface area (Å²) in [6, 6.07) is 6.17. The molecule has 0 amide bonds. The molecule has 1 unspecified atom stereocenters. The molecule has 1 aliphatic heterocycles. The number of aromatic nitrogens is 1. The van der Waals surface area contributed by atoms with Gasteiger partial charge in [-0.25, -0.2) is 0 Å². The van der Waals surface area contributed by atoms with Gasteiger partial charge in [0.25, 0.3) is 6.01 Å². The van der Waals surface area contributed by atoms with Crippen molar-refractivity contribution in [2.45, 2.75) is 6.42 Å². The minimum Gasteiger partial charge on any atom is -0.423 e. The van der Waals surface area contributed by atoms with Gasteiger partial charge in [0.05, 0.1) is 5.69 Å². The molecule has 1 aromatic carbocycles. The van der Waals surface area contributed by atoms with Gasteiger partial charge in [-0.2, -0.15) is 16.7 Å². The first kappa shape index (κ1) is 10.8. The van der Waals surface area contributed by atoms with Crippen molar-refractivity contribution in [3.63, 3.8) is 0 Å². The normalized spacial score (nSPS) is 19.9. The average molecular weight is 249 g/mol. The van der Waals surface area contributed by atoms with Crippen molar-refractivity contribution in [1.29, 1.82) is 0 Å². The van der Waals surface area contributed by atoms with E-state index in [1.807, 2.05) is 30.0 Å². The summed E-state index contributed by atoms with van der Waals surface area (Å²) in [7, 11) is 0. The quantitative estimate of drug-likeness (QED) is 0.818. The van der Waals surface area contributed by atoms with Crippen molar-refractivity contribution >= 4 is 34.6 Å². The summed E-state index contributed by atoms with van der Waals surface area (Å²) in [5, 5.41) is 3.26. The van der Waals surface area contributed by atoms with E-state index in [2.05, 4.69) is 10.3 Å². The first-order valence-electron chi connectivity index (χ1n) is 5.79. The predicted octanol–water partition coefficient (Wildman–Crippen LogP) is 2.58. The maximum atomic E-state index is 5.83. The Kier molecular flexibility index (Phi) is 2.84. The van der Waals surface area contributed by atoms with Crippen molar-refractivity contribution in [3.05, 3.63) is 18.2 Å². The molecule has 3 N–H and O–H groups in total. The number of nitrogen functional groups attached to an aromatic ring is 1. The Morgan fingerprint density at radius 3 is 3.24 bits per heavy atom. The van der Waals surface area contributed by atoms with E-state index in [0.29, 0.717) is 11.7 Å². The highest BCUT2D eigenvalue weighted by atomic mass is 32.2. The fourth-order valence-electron chi connectivity index (χ4n) is 2.02. The third-order valence-electron chi connectivity index (χ3n) is 3.02. The largest absolute Gasteiger partial charge is 0.423 e. The predicted molar refractivity (Wildman–Crippen MR) is 72.3 cm³/mol. The number of nitrogens with one attached hydrogen (secondary N) is 1. The summed E-state index contributed by atoms with van der Waals surface area (Å²) in [6.45, 7) is 0.930. The maximum absolute atomic E-state index is 5.83. The summed E-state index contributed by atoms with van der Waals surface area (Å²) in [5.74, 6) is 3.23. The van der Waals surface area contributed by atoms with Crippen molar-refractivity contribution in [1.82, 2.24) is 4.98 Å². The van der Waals surface area contributed by atoms with Crippen LogP contribution in [0.2, 0.25) is 0 Å². The molecule has 1 saturated heterocycles. The van der Waals surface area contributed by atoms with Gasteiger partial charge in [0.2, 0.25) is 0 Å². The Labute approximate surface area is 104 Å². The van der Waals surface area contributed by atoms with Crippen LogP contribution in [0.1, 0.15) is 6.42 Å². The molecular formula is C12H15N3OS. The van der Waals surface area contributed by atoms with E-state index in [-0.39, 0.29) is 0 Å². The Bertz CT molecular complexity index is 519. The lowest BCUT2D eigenvalue weighted by atomic mass is 10.1. The number of nitrogens with two attached hydrogens (primary N) is 1. The second-order valence-corrected chi connectivity index (χ2v) is 5.47. The van der Waals surface area contributed by atoms with Crippen molar-refractivity contribution in [2.75, 3.05) is 29.1 Å². The molecular weight excluding hydrogens is 234 g/mol. The van der Waals surface area contributed by atoms with Crippen LogP contribution in [-0.4, -0.2) is 23.0 Å². The molecule has 1 aliphatic rings. The highest BCUT2D eigenvalue weighted by molar-refractivity contribution is 7.99. The highest BCUT2D eigenvalue weighted by Crippen LogP contribution is 2.26. The Morgan fingerprint density at radius 2 is 2.47 bits per heavy atom. The van der Waals surface area contributed by atoms with Gasteiger partial charge in [0.1, 0.15) is 5.52 Å². The van der Waals surface area contributed by atoms with Crippen LogP contribution in [-0.2, 0) is 0 Å². The molecule has 5 heteroatoms. The summed E-state index contributed by atoms with van der Waals surface area (Å²) >= 11 is 2.01.